The average Bonchev–Trinajstić information content (AvgIpc) is 2.66. The molecule has 7 heteroatoms. The highest BCUT2D eigenvalue weighted by Gasteiger charge is 2.28. The van der Waals surface area contributed by atoms with Gasteiger partial charge in [0.1, 0.15) is 5.75 Å². The number of carbonyl (C=O) groups excluding carboxylic acids is 3. The van der Waals surface area contributed by atoms with Crippen LogP contribution in [0.25, 0.3) is 0 Å². The minimum absolute atomic E-state index is 0.0656. The molecular formula is C19H26N2O5. The van der Waals surface area contributed by atoms with Gasteiger partial charge in [-0.3, -0.25) is 9.59 Å². The standard InChI is InChI=1S/C19H26N2O5/c1-13(22)20-8-7-16-6-4-5-9-21(16)18(23)14-10-15(19(24)26-3)12-17(11-14)25-2/h10-12,16H,4-9H2,1-3H3,(H,20,22). The van der Waals surface area contributed by atoms with Crippen LogP contribution in [0.4, 0.5) is 0 Å². The number of hydrogen-bond acceptors (Lipinski definition) is 5. The summed E-state index contributed by atoms with van der Waals surface area (Å²) in [4.78, 5) is 37.8. The van der Waals surface area contributed by atoms with Crippen molar-refractivity contribution >= 4 is 17.8 Å². The number of rotatable bonds is 6. The Kier molecular flexibility index (Phi) is 7.00. The summed E-state index contributed by atoms with van der Waals surface area (Å²) < 4.78 is 9.97. The molecule has 1 fully saturated rings. The van der Waals surface area contributed by atoms with Crippen LogP contribution < -0.4 is 10.1 Å². The Morgan fingerprint density at radius 1 is 1.15 bits per heavy atom. The van der Waals surface area contributed by atoms with Crippen molar-refractivity contribution < 1.29 is 23.9 Å². The van der Waals surface area contributed by atoms with E-state index in [2.05, 4.69) is 5.32 Å². The molecular weight excluding hydrogens is 336 g/mol. The third kappa shape index (κ3) is 4.97. The van der Waals surface area contributed by atoms with Gasteiger partial charge in [-0.05, 0) is 43.9 Å². The molecule has 1 aliphatic rings. The largest absolute Gasteiger partial charge is 0.497 e. The molecule has 7 nitrogen and oxygen atoms in total. The molecule has 1 atom stereocenters. The highest BCUT2D eigenvalue weighted by molar-refractivity contribution is 5.98. The fourth-order valence-corrected chi connectivity index (χ4v) is 3.22. The summed E-state index contributed by atoms with van der Waals surface area (Å²) in [5, 5.41) is 2.78. The summed E-state index contributed by atoms with van der Waals surface area (Å²) in [5.74, 6) is -0.294. The quantitative estimate of drug-likeness (QED) is 0.783. The van der Waals surface area contributed by atoms with Crippen LogP contribution in [0.15, 0.2) is 18.2 Å². The molecule has 2 amide bonds. The van der Waals surface area contributed by atoms with Crippen molar-refractivity contribution in [1.29, 1.82) is 0 Å². The minimum Gasteiger partial charge on any atom is -0.497 e. The van der Waals surface area contributed by atoms with Gasteiger partial charge >= 0.3 is 5.97 Å². The van der Waals surface area contributed by atoms with Crippen LogP contribution >= 0.6 is 0 Å². The lowest BCUT2D eigenvalue weighted by atomic mass is 9.97. The lowest BCUT2D eigenvalue weighted by Crippen LogP contribution is -2.45. The third-order valence-corrected chi connectivity index (χ3v) is 4.55. The van der Waals surface area contributed by atoms with E-state index in [0.29, 0.717) is 30.8 Å². The Bertz CT molecular complexity index is 674. The predicted molar refractivity (Wildman–Crippen MR) is 96.3 cm³/mol. The number of ether oxygens (including phenoxy) is 2. The molecule has 1 saturated heterocycles. The zero-order valence-electron chi connectivity index (χ0n) is 15.5. The smallest absolute Gasteiger partial charge is 0.338 e. The summed E-state index contributed by atoms with van der Waals surface area (Å²) >= 11 is 0. The number of hydrogen-bond donors (Lipinski definition) is 1. The first kappa shape index (κ1) is 19.8. The number of methoxy groups -OCH3 is 2. The van der Waals surface area contributed by atoms with Crippen LogP contribution in [0.2, 0.25) is 0 Å². The lowest BCUT2D eigenvalue weighted by molar-refractivity contribution is -0.119. The van der Waals surface area contributed by atoms with Crippen LogP contribution in [0.1, 0.15) is 53.3 Å². The molecule has 0 aromatic heterocycles. The van der Waals surface area contributed by atoms with Crippen molar-refractivity contribution in [1.82, 2.24) is 10.2 Å². The van der Waals surface area contributed by atoms with Gasteiger partial charge in [0.05, 0.1) is 19.8 Å². The fourth-order valence-electron chi connectivity index (χ4n) is 3.22. The maximum atomic E-state index is 13.1. The van der Waals surface area contributed by atoms with Gasteiger partial charge in [-0.15, -0.1) is 0 Å². The molecule has 0 bridgehead atoms. The zero-order valence-corrected chi connectivity index (χ0v) is 15.5. The van der Waals surface area contributed by atoms with Crippen LogP contribution in [-0.2, 0) is 9.53 Å². The van der Waals surface area contributed by atoms with E-state index in [0.717, 1.165) is 19.3 Å². The number of amides is 2. The number of carbonyl (C=O) groups is 3. The number of likely N-dealkylation sites (tertiary alicyclic amines) is 1. The molecule has 0 saturated carbocycles. The van der Waals surface area contributed by atoms with E-state index in [9.17, 15) is 14.4 Å². The molecule has 1 aliphatic heterocycles. The number of nitrogens with zero attached hydrogens (tertiary/aromatic N) is 1. The van der Waals surface area contributed by atoms with Crippen molar-refractivity contribution in [2.24, 2.45) is 0 Å². The molecule has 1 aromatic carbocycles. The van der Waals surface area contributed by atoms with Gasteiger partial charge in [0, 0.05) is 31.6 Å². The molecule has 1 unspecified atom stereocenters. The predicted octanol–water partition coefficient (Wildman–Crippen LogP) is 2.00. The lowest BCUT2D eigenvalue weighted by Gasteiger charge is -2.36. The molecule has 1 heterocycles. The van der Waals surface area contributed by atoms with Crippen molar-refractivity contribution in [3.63, 3.8) is 0 Å². The molecule has 0 radical (unpaired) electrons. The molecule has 0 aliphatic carbocycles. The second-order valence-corrected chi connectivity index (χ2v) is 6.36. The van der Waals surface area contributed by atoms with Gasteiger partial charge in [-0.2, -0.15) is 0 Å². The van der Waals surface area contributed by atoms with E-state index < -0.39 is 5.97 Å². The van der Waals surface area contributed by atoms with E-state index in [4.69, 9.17) is 9.47 Å². The highest BCUT2D eigenvalue weighted by Crippen LogP contribution is 2.24. The fraction of sp³-hybridized carbons (Fsp3) is 0.526. The first-order chi connectivity index (χ1) is 12.5. The van der Waals surface area contributed by atoms with E-state index >= 15 is 0 Å². The summed E-state index contributed by atoms with van der Waals surface area (Å²) in [7, 11) is 2.79. The number of esters is 1. The van der Waals surface area contributed by atoms with Crippen molar-refractivity contribution in [3.05, 3.63) is 29.3 Å². The first-order valence-corrected chi connectivity index (χ1v) is 8.79. The van der Waals surface area contributed by atoms with Gasteiger partial charge in [0.15, 0.2) is 0 Å². The van der Waals surface area contributed by atoms with E-state index in [1.54, 1.807) is 12.1 Å². The molecule has 1 N–H and O–H groups in total. The Morgan fingerprint density at radius 3 is 2.54 bits per heavy atom. The zero-order chi connectivity index (χ0) is 19.1. The Labute approximate surface area is 153 Å². The van der Waals surface area contributed by atoms with Crippen LogP contribution in [0.5, 0.6) is 5.75 Å². The molecule has 142 valence electrons. The number of piperidine rings is 1. The summed E-state index contributed by atoms with van der Waals surface area (Å²) in [5.41, 5.74) is 0.679. The molecule has 1 aromatic rings. The maximum absolute atomic E-state index is 13.1. The van der Waals surface area contributed by atoms with E-state index in [-0.39, 0.29) is 23.4 Å². The van der Waals surface area contributed by atoms with E-state index in [1.807, 2.05) is 4.90 Å². The highest BCUT2D eigenvalue weighted by atomic mass is 16.5. The Hall–Kier alpha value is -2.57. The minimum atomic E-state index is -0.515. The first-order valence-electron chi connectivity index (χ1n) is 8.79. The van der Waals surface area contributed by atoms with Gasteiger partial charge in [-0.1, -0.05) is 0 Å². The van der Waals surface area contributed by atoms with Gasteiger partial charge < -0.3 is 19.7 Å². The summed E-state index contributed by atoms with van der Waals surface area (Å²) in [6, 6.07) is 4.79. The van der Waals surface area contributed by atoms with Crippen molar-refractivity contribution in [2.75, 3.05) is 27.3 Å². The second kappa shape index (κ2) is 9.22. The Morgan fingerprint density at radius 2 is 1.88 bits per heavy atom. The van der Waals surface area contributed by atoms with Crippen molar-refractivity contribution in [3.8, 4) is 5.75 Å². The third-order valence-electron chi connectivity index (χ3n) is 4.55. The number of nitrogens with one attached hydrogen (secondary N) is 1. The van der Waals surface area contributed by atoms with Crippen LogP contribution in [-0.4, -0.2) is 56.0 Å². The average molecular weight is 362 g/mol. The molecule has 2 rings (SSSR count). The molecule has 26 heavy (non-hydrogen) atoms. The molecule has 0 spiro atoms. The Balaban J connectivity index is 2.21. The summed E-state index contributed by atoms with van der Waals surface area (Å²) in [6.07, 6.45) is 3.61. The van der Waals surface area contributed by atoms with Gasteiger partial charge in [-0.25, -0.2) is 4.79 Å². The topological polar surface area (TPSA) is 84.9 Å². The van der Waals surface area contributed by atoms with Crippen LogP contribution in [0, 0.1) is 0 Å². The van der Waals surface area contributed by atoms with Crippen LogP contribution in [0.3, 0.4) is 0 Å². The van der Waals surface area contributed by atoms with Crippen molar-refractivity contribution in [2.45, 2.75) is 38.6 Å². The van der Waals surface area contributed by atoms with E-state index in [1.165, 1.54) is 27.2 Å². The normalized spacial score (nSPS) is 16.7. The second-order valence-electron chi connectivity index (χ2n) is 6.36. The monoisotopic (exact) mass is 362 g/mol. The number of benzene rings is 1. The van der Waals surface area contributed by atoms with Gasteiger partial charge in [0.25, 0.3) is 5.91 Å². The summed E-state index contributed by atoms with van der Waals surface area (Å²) in [6.45, 7) is 2.68. The maximum Gasteiger partial charge on any atom is 0.338 e. The van der Waals surface area contributed by atoms with Gasteiger partial charge in [0.2, 0.25) is 5.91 Å². The SMILES string of the molecule is COC(=O)c1cc(OC)cc(C(=O)N2CCCCC2CCNC(C)=O)c1.